The lowest BCUT2D eigenvalue weighted by atomic mass is 9.91. The van der Waals surface area contributed by atoms with Gasteiger partial charge in [-0.3, -0.25) is 4.79 Å². The molecular formula is C12H13NO3. The van der Waals surface area contributed by atoms with Gasteiger partial charge < -0.3 is 4.74 Å². The fourth-order valence-electron chi connectivity index (χ4n) is 2.02. The normalized spacial score (nSPS) is 14.5. The molecule has 0 aromatic carbocycles. The number of ether oxygens (including phenoxy) is 1. The van der Waals surface area contributed by atoms with Gasteiger partial charge in [0.25, 0.3) is 0 Å². The highest BCUT2D eigenvalue weighted by Gasteiger charge is 2.24. The summed E-state index contributed by atoms with van der Waals surface area (Å²) in [6.45, 7) is 1.77. The Morgan fingerprint density at radius 1 is 1.44 bits per heavy atom. The highest BCUT2D eigenvalue weighted by atomic mass is 16.5. The van der Waals surface area contributed by atoms with Crippen molar-refractivity contribution in [3.05, 3.63) is 28.6 Å². The van der Waals surface area contributed by atoms with Gasteiger partial charge in [0, 0.05) is 12.1 Å². The molecule has 1 aromatic rings. The third-order valence-electron chi connectivity index (χ3n) is 2.75. The molecule has 0 fully saturated rings. The van der Waals surface area contributed by atoms with E-state index in [0.29, 0.717) is 23.4 Å². The Morgan fingerprint density at radius 3 is 2.88 bits per heavy atom. The van der Waals surface area contributed by atoms with Crippen molar-refractivity contribution < 1.29 is 14.3 Å². The lowest BCUT2D eigenvalue weighted by Crippen LogP contribution is -2.18. The van der Waals surface area contributed by atoms with Crippen LogP contribution in [-0.2, 0) is 11.2 Å². The number of aryl methyl sites for hydroxylation is 1. The summed E-state index contributed by atoms with van der Waals surface area (Å²) in [5.41, 5.74) is 2.35. The molecule has 2 rings (SSSR count). The summed E-state index contributed by atoms with van der Waals surface area (Å²) in [6, 6.07) is 1.68. The van der Waals surface area contributed by atoms with E-state index < -0.39 is 5.97 Å². The predicted octanol–water partition coefficient (Wildman–Crippen LogP) is 1.70. The Kier molecular flexibility index (Phi) is 2.73. The molecule has 0 saturated heterocycles. The Bertz CT molecular complexity index is 466. The van der Waals surface area contributed by atoms with Crippen molar-refractivity contribution in [3.8, 4) is 0 Å². The van der Waals surface area contributed by atoms with Crippen molar-refractivity contribution in [1.29, 1.82) is 0 Å². The third kappa shape index (κ3) is 1.71. The van der Waals surface area contributed by atoms with Crippen LogP contribution in [-0.4, -0.2) is 23.8 Å². The van der Waals surface area contributed by atoms with Crippen molar-refractivity contribution in [2.24, 2.45) is 0 Å². The highest BCUT2D eigenvalue weighted by molar-refractivity contribution is 6.01. The molecule has 0 atom stereocenters. The Labute approximate surface area is 93.6 Å². The molecule has 1 aliphatic rings. The van der Waals surface area contributed by atoms with E-state index in [-0.39, 0.29) is 5.78 Å². The zero-order chi connectivity index (χ0) is 11.7. The van der Waals surface area contributed by atoms with Gasteiger partial charge in [0.1, 0.15) is 5.69 Å². The number of nitrogens with zero attached hydrogens (tertiary/aromatic N) is 1. The number of fused-ring (bicyclic) bond motifs is 1. The van der Waals surface area contributed by atoms with Crippen LogP contribution in [0.25, 0.3) is 0 Å². The zero-order valence-electron chi connectivity index (χ0n) is 9.37. The molecule has 0 saturated carbocycles. The van der Waals surface area contributed by atoms with Crippen LogP contribution >= 0.6 is 0 Å². The Hall–Kier alpha value is -1.71. The van der Waals surface area contributed by atoms with Crippen LogP contribution in [0.3, 0.4) is 0 Å². The topological polar surface area (TPSA) is 56.3 Å². The molecule has 4 heteroatoms. The number of pyridine rings is 1. The van der Waals surface area contributed by atoms with E-state index in [9.17, 15) is 9.59 Å². The molecule has 16 heavy (non-hydrogen) atoms. The largest absolute Gasteiger partial charge is 0.465 e. The summed E-state index contributed by atoms with van der Waals surface area (Å²) in [6.07, 6.45) is 2.02. The van der Waals surface area contributed by atoms with Gasteiger partial charge in [0.15, 0.2) is 5.78 Å². The van der Waals surface area contributed by atoms with Crippen molar-refractivity contribution in [2.75, 3.05) is 7.11 Å². The van der Waals surface area contributed by atoms with Crippen LogP contribution in [0, 0.1) is 6.92 Å². The first-order valence-corrected chi connectivity index (χ1v) is 5.25. The maximum absolute atomic E-state index is 11.7. The fourth-order valence-corrected chi connectivity index (χ4v) is 2.02. The van der Waals surface area contributed by atoms with E-state index in [4.69, 9.17) is 4.74 Å². The Morgan fingerprint density at radius 2 is 2.19 bits per heavy atom. The van der Waals surface area contributed by atoms with Crippen LogP contribution in [0.5, 0.6) is 0 Å². The van der Waals surface area contributed by atoms with Crippen LogP contribution in [0.1, 0.15) is 44.9 Å². The number of ketones is 1. The number of hydrogen-bond acceptors (Lipinski definition) is 4. The average molecular weight is 219 g/mol. The first-order chi connectivity index (χ1) is 7.63. The second-order valence-electron chi connectivity index (χ2n) is 3.91. The first-order valence-electron chi connectivity index (χ1n) is 5.25. The minimum Gasteiger partial charge on any atom is -0.465 e. The van der Waals surface area contributed by atoms with Crippen LogP contribution < -0.4 is 0 Å². The van der Waals surface area contributed by atoms with Crippen molar-refractivity contribution in [3.63, 3.8) is 0 Å². The van der Waals surface area contributed by atoms with Gasteiger partial charge in [0.2, 0.25) is 0 Å². The number of aromatic nitrogens is 1. The minimum absolute atomic E-state index is 0.0232. The minimum atomic E-state index is -0.392. The molecule has 0 amide bonds. The number of hydrogen-bond donors (Lipinski definition) is 0. The van der Waals surface area contributed by atoms with E-state index >= 15 is 0 Å². The molecule has 1 aliphatic carbocycles. The maximum Gasteiger partial charge on any atom is 0.338 e. The summed E-state index contributed by atoms with van der Waals surface area (Å²) in [5.74, 6) is -0.369. The lowest BCUT2D eigenvalue weighted by Gasteiger charge is -2.17. The van der Waals surface area contributed by atoms with Crippen molar-refractivity contribution >= 4 is 11.8 Å². The van der Waals surface area contributed by atoms with Gasteiger partial charge in [-0.25, -0.2) is 9.78 Å². The van der Waals surface area contributed by atoms with Crippen LogP contribution in [0.2, 0.25) is 0 Å². The van der Waals surface area contributed by atoms with Crippen molar-refractivity contribution in [1.82, 2.24) is 4.98 Å². The first kappa shape index (κ1) is 10.8. The second-order valence-corrected chi connectivity index (χ2v) is 3.91. The molecule has 84 valence electrons. The van der Waals surface area contributed by atoms with E-state index in [0.717, 1.165) is 18.4 Å². The number of carbonyl (C=O) groups is 2. The molecule has 0 radical (unpaired) electrons. The van der Waals surface area contributed by atoms with E-state index in [1.54, 1.807) is 13.0 Å². The monoisotopic (exact) mass is 219 g/mol. The van der Waals surface area contributed by atoms with E-state index in [2.05, 4.69) is 4.98 Å². The third-order valence-corrected chi connectivity index (χ3v) is 2.75. The summed E-state index contributed by atoms with van der Waals surface area (Å²) in [5, 5.41) is 0. The molecule has 0 bridgehead atoms. The van der Waals surface area contributed by atoms with Gasteiger partial charge in [-0.2, -0.15) is 0 Å². The highest BCUT2D eigenvalue weighted by Crippen LogP contribution is 2.24. The van der Waals surface area contributed by atoms with Gasteiger partial charge in [0.05, 0.1) is 12.7 Å². The van der Waals surface area contributed by atoms with Gasteiger partial charge in [-0.05, 0) is 31.4 Å². The van der Waals surface area contributed by atoms with Gasteiger partial charge in [-0.15, -0.1) is 0 Å². The smallest absolute Gasteiger partial charge is 0.338 e. The molecule has 0 spiro atoms. The number of methoxy groups -OCH3 is 1. The summed E-state index contributed by atoms with van der Waals surface area (Å²) in [7, 11) is 1.34. The summed E-state index contributed by atoms with van der Waals surface area (Å²) < 4.78 is 4.71. The fraction of sp³-hybridized carbons (Fsp3) is 0.417. The van der Waals surface area contributed by atoms with Crippen LogP contribution in [0.15, 0.2) is 6.07 Å². The molecule has 1 aromatic heterocycles. The molecule has 1 heterocycles. The molecule has 0 aliphatic heterocycles. The number of rotatable bonds is 1. The zero-order valence-corrected chi connectivity index (χ0v) is 9.37. The average Bonchev–Trinajstić information content (AvgIpc) is 2.28. The number of carbonyl (C=O) groups excluding carboxylic acids is 2. The van der Waals surface area contributed by atoms with Crippen molar-refractivity contribution in [2.45, 2.75) is 26.2 Å². The molecule has 4 nitrogen and oxygen atoms in total. The SMILES string of the molecule is COC(=O)c1cc(C)nc2c1CCCC2=O. The van der Waals surface area contributed by atoms with E-state index in [1.165, 1.54) is 7.11 Å². The number of Topliss-reactive ketones (excluding diaryl/α,β-unsaturated/α-hetero) is 1. The molecule has 0 unspecified atom stereocenters. The molecular weight excluding hydrogens is 206 g/mol. The predicted molar refractivity (Wildman–Crippen MR) is 57.6 cm³/mol. The van der Waals surface area contributed by atoms with Gasteiger partial charge in [-0.1, -0.05) is 0 Å². The lowest BCUT2D eigenvalue weighted by molar-refractivity contribution is 0.0599. The Balaban J connectivity index is 2.61. The number of esters is 1. The summed E-state index contributed by atoms with van der Waals surface area (Å²) >= 11 is 0. The van der Waals surface area contributed by atoms with Gasteiger partial charge >= 0.3 is 5.97 Å². The summed E-state index contributed by atoms with van der Waals surface area (Å²) in [4.78, 5) is 27.5. The van der Waals surface area contributed by atoms with Crippen LogP contribution in [0.4, 0.5) is 0 Å². The quantitative estimate of drug-likeness (QED) is 0.674. The maximum atomic E-state index is 11.7. The second kappa shape index (κ2) is 4.04. The standard InChI is InChI=1S/C12H13NO3/c1-7-6-9(12(15)16-2)8-4-3-5-10(14)11(8)13-7/h6H,3-5H2,1-2H3. The molecule has 0 N–H and O–H groups in total. The van der Waals surface area contributed by atoms with E-state index in [1.807, 2.05) is 0 Å².